The standard InChI is InChI=1S/C19H19NO5S/c1-20(13-10-11-26(24,25)12-13)18(21)16-8-4-2-6-14(16)15-7-3-5-9-17(15)19(22)23/h2-9,13H,10-12H2,1H3,(H,22,23). The summed E-state index contributed by atoms with van der Waals surface area (Å²) in [7, 11) is -1.52. The molecule has 136 valence electrons. The molecule has 1 heterocycles. The fraction of sp³-hybridized carbons (Fsp3) is 0.263. The summed E-state index contributed by atoms with van der Waals surface area (Å²) in [5, 5.41) is 9.43. The highest BCUT2D eigenvalue weighted by Gasteiger charge is 2.33. The van der Waals surface area contributed by atoms with Crippen LogP contribution in [0.2, 0.25) is 0 Å². The smallest absolute Gasteiger partial charge is 0.336 e. The van der Waals surface area contributed by atoms with Gasteiger partial charge in [-0.3, -0.25) is 4.79 Å². The Morgan fingerprint density at radius 2 is 1.54 bits per heavy atom. The van der Waals surface area contributed by atoms with Crippen LogP contribution in [0.25, 0.3) is 11.1 Å². The molecule has 2 aromatic rings. The lowest BCUT2D eigenvalue weighted by atomic mass is 9.94. The van der Waals surface area contributed by atoms with Crippen molar-refractivity contribution < 1.29 is 23.1 Å². The Hall–Kier alpha value is -2.67. The molecule has 1 unspecified atom stereocenters. The predicted molar refractivity (Wildman–Crippen MR) is 98.0 cm³/mol. The number of carbonyl (C=O) groups is 2. The lowest BCUT2D eigenvalue weighted by molar-refractivity contribution is 0.0695. The third-order valence-corrected chi connectivity index (χ3v) is 6.43. The molecule has 2 aromatic carbocycles. The third kappa shape index (κ3) is 3.48. The van der Waals surface area contributed by atoms with Crippen LogP contribution in [0.1, 0.15) is 27.1 Å². The normalized spacial score (nSPS) is 18.4. The molecule has 0 saturated carbocycles. The number of amides is 1. The summed E-state index contributed by atoms with van der Waals surface area (Å²) < 4.78 is 23.4. The number of rotatable bonds is 4. The molecule has 1 aliphatic heterocycles. The van der Waals surface area contributed by atoms with Gasteiger partial charge < -0.3 is 10.0 Å². The van der Waals surface area contributed by atoms with E-state index in [2.05, 4.69) is 0 Å². The Bertz CT molecular complexity index is 967. The molecule has 26 heavy (non-hydrogen) atoms. The summed E-state index contributed by atoms with van der Waals surface area (Å²) in [5.41, 5.74) is 1.44. The summed E-state index contributed by atoms with van der Waals surface area (Å²) in [6.45, 7) is 0. The van der Waals surface area contributed by atoms with Gasteiger partial charge in [-0.05, 0) is 29.7 Å². The van der Waals surface area contributed by atoms with E-state index in [1.807, 2.05) is 0 Å². The Labute approximate surface area is 152 Å². The van der Waals surface area contributed by atoms with E-state index in [-0.39, 0.29) is 29.0 Å². The summed E-state index contributed by atoms with van der Waals surface area (Å²) in [5.74, 6) is -1.34. The molecule has 0 aliphatic carbocycles. The molecule has 6 nitrogen and oxygen atoms in total. The predicted octanol–water partition coefficient (Wildman–Crippen LogP) is 2.31. The van der Waals surface area contributed by atoms with E-state index < -0.39 is 15.8 Å². The van der Waals surface area contributed by atoms with Crippen molar-refractivity contribution in [2.24, 2.45) is 0 Å². The second-order valence-corrected chi connectivity index (χ2v) is 8.60. The van der Waals surface area contributed by atoms with Crippen LogP contribution in [0.15, 0.2) is 48.5 Å². The second-order valence-electron chi connectivity index (χ2n) is 6.37. The first kappa shape index (κ1) is 18.1. The van der Waals surface area contributed by atoms with Crippen molar-refractivity contribution >= 4 is 21.7 Å². The van der Waals surface area contributed by atoms with Gasteiger partial charge in [0.1, 0.15) is 0 Å². The minimum absolute atomic E-state index is 0.0386. The van der Waals surface area contributed by atoms with Gasteiger partial charge in [-0.1, -0.05) is 36.4 Å². The van der Waals surface area contributed by atoms with Gasteiger partial charge in [0, 0.05) is 18.7 Å². The Morgan fingerprint density at radius 3 is 2.08 bits per heavy atom. The Morgan fingerprint density at radius 1 is 1.00 bits per heavy atom. The number of hydrogen-bond donors (Lipinski definition) is 1. The van der Waals surface area contributed by atoms with E-state index in [1.165, 1.54) is 11.0 Å². The quantitative estimate of drug-likeness (QED) is 0.888. The van der Waals surface area contributed by atoms with Gasteiger partial charge in [0.15, 0.2) is 9.84 Å². The molecule has 0 bridgehead atoms. The van der Waals surface area contributed by atoms with Crippen LogP contribution in [0.3, 0.4) is 0 Å². The van der Waals surface area contributed by atoms with Gasteiger partial charge in [0.25, 0.3) is 5.91 Å². The fourth-order valence-electron chi connectivity index (χ4n) is 3.25. The number of carbonyl (C=O) groups excluding carboxylic acids is 1. The van der Waals surface area contributed by atoms with Crippen molar-refractivity contribution in [1.82, 2.24) is 4.90 Å². The van der Waals surface area contributed by atoms with Crippen LogP contribution in [0.5, 0.6) is 0 Å². The van der Waals surface area contributed by atoms with E-state index >= 15 is 0 Å². The molecule has 3 rings (SSSR count). The van der Waals surface area contributed by atoms with Crippen molar-refractivity contribution in [3.63, 3.8) is 0 Å². The van der Waals surface area contributed by atoms with E-state index in [4.69, 9.17) is 0 Å². The van der Waals surface area contributed by atoms with Gasteiger partial charge in [-0.25, -0.2) is 13.2 Å². The zero-order valence-electron chi connectivity index (χ0n) is 14.3. The summed E-state index contributed by atoms with van der Waals surface area (Å²) in [4.78, 5) is 26.0. The van der Waals surface area contributed by atoms with Crippen LogP contribution in [-0.2, 0) is 9.84 Å². The number of carboxylic acid groups (broad SMARTS) is 1. The largest absolute Gasteiger partial charge is 0.478 e. The van der Waals surface area contributed by atoms with Crippen molar-refractivity contribution in [2.45, 2.75) is 12.5 Å². The van der Waals surface area contributed by atoms with Crippen molar-refractivity contribution in [2.75, 3.05) is 18.6 Å². The molecule has 0 aromatic heterocycles. The number of benzene rings is 2. The summed E-state index contributed by atoms with van der Waals surface area (Å²) in [6, 6.07) is 12.9. The zero-order chi connectivity index (χ0) is 18.9. The van der Waals surface area contributed by atoms with Gasteiger partial charge in [-0.15, -0.1) is 0 Å². The number of nitrogens with zero attached hydrogens (tertiary/aromatic N) is 1. The molecule has 1 atom stereocenters. The first-order chi connectivity index (χ1) is 12.3. The molecule has 0 radical (unpaired) electrons. The maximum atomic E-state index is 13.0. The molecule has 7 heteroatoms. The topological polar surface area (TPSA) is 91.8 Å². The highest BCUT2D eigenvalue weighted by Crippen LogP contribution is 2.29. The van der Waals surface area contributed by atoms with Crippen LogP contribution in [0, 0.1) is 0 Å². The van der Waals surface area contributed by atoms with Gasteiger partial charge in [0.2, 0.25) is 0 Å². The van der Waals surface area contributed by atoms with E-state index in [0.717, 1.165) is 0 Å². The number of carboxylic acids is 1. The van der Waals surface area contributed by atoms with Gasteiger partial charge in [0.05, 0.1) is 17.1 Å². The van der Waals surface area contributed by atoms with E-state index in [1.54, 1.807) is 49.5 Å². The number of sulfone groups is 1. The van der Waals surface area contributed by atoms with Gasteiger partial charge in [-0.2, -0.15) is 0 Å². The third-order valence-electron chi connectivity index (χ3n) is 4.68. The fourth-order valence-corrected chi connectivity index (χ4v) is 5.02. The average molecular weight is 373 g/mol. The molecule has 1 fully saturated rings. The van der Waals surface area contributed by atoms with Crippen LogP contribution < -0.4 is 0 Å². The zero-order valence-corrected chi connectivity index (χ0v) is 15.1. The minimum atomic E-state index is -3.11. The first-order valence-corrected chi connectivity index (χ1v) is 10.0. The van der Waals surface area contributed by atoms with Gasteiger partial charge >= 0.3 is 5.97 Å². The Balaban J connectivity index is 2.00. The molecule has 1 amide bonds. The molecule has 1 saturated heterocycles. The highest BCUT2D eigenvalue weighted by molar-refractivity contribution is 7.91. The van der Waals surface area contributed by atoms with E-state index in [9.17, 15) is 23.1 Å². The number of aromatic carboxylic acids is 1. The van der Waals surface area contributed by atoms with Crippen LogP contribution in [-0.4, -0.2) is 54.9 Å². The van der Waals surface area contributed by atoms with E-state index in [0.29, 0.717) is 23.1 Å². The summed E-state index contributed by atoms with van der Waals surface area (Å²) in [6.07, 6.45) is 0.415. The lowest BCUT2D eigenvalue weighted by Crippen LogP contribution is -2.38. The minimum Gasteiger partial charge on any atom is -0.478 e. The Kier molecular flexibility index (Phi) is 4.82. The molecule has 1 N–H and O–H groups in total. The lowest BCUT2D eigenvalue weighted by Gasteiger charge is -2.24. The molecule has 0 spiro atoms. The second kappa shape index (κ2) is 6.92. The maximum absolute atomic E-state index is 13.0. The maximum Gasteiger partial charge on any atom is 0.336 e. The van der Waals surface area contributed by atoms with Crippen molar-refractivity contribution in [1.29, 1.82) is 0 Å². The van der Waals surface area contributed by atoms with Crippen molar-refractivity contribution in [3.05, 3.63) is 59.7 Å². The average Bonchev–Trinajstić information content (AvgIpc) is 3.00. The molecule has 1 aliphatic rings. The number of hydrogen-bond acceptors (Lipinski definition) is 4. The first-order valence-electron chi connectivity index (χ1n) is 8.19. The monoisotopic (exact) mass is 373 g/mol. The summed E-state index contributed by atoms with van der Waals surface area (Å²) >= 11 is 0. The van der Waals surface area contributed by atoms with Crippen molar-refractivity contribution in [3.8, 4) is 11.1 Å². The van der Waals surface area contributed by atoms with Crippen LogP contribution >= 0.6 is 0 Å². The van der Waals surface area contributed by atoms with Crippen LogP contribution in [0.4, 0.5) is 0 Å². The molecular weight excluding hydrogens is 354 g/mol. The molecular formula is C19H19NO5S. The highest BCUT2D eigenvalue weighted by atomic mass is 32.2. The SMILES string of the molecule is CN(C(=O)c1ccccc1-c1ccccc1C(=O)O)C1CCS(=O)(=O)C1.